The lowest BCUT2D eigenvalue weighted by Crippen LogP contribution is -2.68. The standard InChI is InChI=1S/C26H47N3O15S/c1-15(2)43-26(24(36)37)11-17(31)20(22(44-26)21(34)18(32)13-30)29-19(33)12-27-23(35)16(14-45-10-9-40-4)28-25(38)42-8-7-41-6-5-39-3/h15-18,20-22,30-32,34H,5-14H2,1-4H3,(H,27,35)(H,28,38)(H,29,33)(H,36,37). The fourth-order valence-electron chi connectivity index (χ4n) is 4.07. The lowest BCUT2D eigenvalue weighted by atomic mass is 9.88. The third kappa shape index (κ3) is 14.3. The van der Waals surface area contributed by atoms with Gasteiger partial charge in [0.1, 0.15) is 31.0 Å². The van der Waals surface area contributed by atoms with Crippen molar-refractivity contribution >= 4 is 35.6 Å². The van der Waals surface area contributed by atoms with E-state index in [1.807, 2.05) is 0 Å². The molecule has 45 heavy (non-hydrogen) atoms. The summed E-state index contributed by atoms with van der Waals surface area (Å²) in [5.74, 6) is -5.08. The summed E-state index contributed by atoms with van der Waals surface area (Å²) in [6.07, 6.45) is -9.48. The molecule has 0 aromatic heterocycles. The van der Waals surface area contributed by atoms with Crippen LogP contribution in [0.5, 0.6) is 0 Å². The van der Waals surface area contributed by atoms with Gasteiger partial charge in [0.15, 0.2) is 0 Å². The quantitative estimate of drug-likeness (QED) is 0.0526. The van der Waals surface area contributed by atoms with Crippen molar-refractivity contribution in [1.82, 2.24) is 16.0 Å². The summed E-state index contributed by atoms with van der Waals surface area (Å²) in [5.41, 5.74) is 0. The number of carbonyl (C=O) groups excluding carboxylic acids is 3. The number of amides is 3. The van der Waals surface area contributed by atoms with Gasteiger partial charge in [0.25, 0.3) is 5.79 Å². The van der Waals surface area contributed by atoms with Crippen LogP contribution in [-0.4, -0.2) is 170 Å². The first kappa shape index (κ1) is 40.7. The number of aliphatic hydroxyl groups is 4. The average Bonchev–Trinajstić information content (AvgIpc) is 2.99. The smallest absolute Gasteiger partial charge is 0.407 e. The molecule has 0 spiro atoms. The number of nitrogens with one attached hydrogen (secondary N) is 3. The van der Waals surface area contributed by atoms with Crippen molar-refractivity contribution in [3.63, 3.8) is 0 Å². The number of aliphatic hydroxyl groups excluding tert-OH is 4. The number of hydrogen-bond donors (Lipinski definition) is 8. The van der Waals surface area contributed by atoms with Gasteiger partial charge in [-0.05, 0) is 13.8 Å². The van der Waals surface area contributed by atoms with Gasteiger partial charge < -0.3 is 69.9 Å². The molecule has 19 heteroatoms. The summed E-state index contributed by atoms with van der Waals surface area (Å²) >= 11 is 1.29. The van der Waals surface area contributed by atoms with Gasteiger partial charge in [-0.1, -0.05) is 0 Å². The summed E-state index contributed by atoms with van der Waals surface area (Å²) in [7, 11) is 3.02. The molecule has 1 fully saturated rings. The van der Waals surface area contributed by atoms with Gasteiger partial charge in [0.2, 0.25) is 11.8 Å². The van der Waals surface area contributed by atoms with E-state index in [1.165, 1.54) is 39.8 Å². The molecule has 7 unspecified atom stereocenters. The highest BCUT2D eigenvalue weighted by Crippen LogP contribution is 2.34. The van der Waals surface area contributed by atoms with Crippen LogP contribution in [-0.2, 0) is 42.8 Å². The molecule has 7 atom stereocenters. The summed E-state index contributed by atoms with van der Waals surface area (Å²) < 4.78 is 31.0. The zero-order valence-electron chi connectivity index (χ0n) is 25.8. The molecule has 1 rings (SSSR count). The number of methoxy groups -OCH3 is 2. The maximum Gasteiger partial charge on any atom is 0.407 e. The van der Waals surface area contributed by atoms with Crippen LogP contribution in [0.2, 0.25) is 0 Å². The highest BCUT2D eigenvalue weighted by atomic mass is 32.2. The predicted octanol–water partition coefficient (Wildman–Crippen LogP) is -3.21. The number of rotatable bonds is 22. The van der Waals surface area contributed by atoms with Gasteiger partial charge >= 0.3 is 12.1 Å². The van der Waals surface area contributed by atoms with Crippen LogP contribution in [0.1, 0.15) is 20.3 Å². The van der Waals surface area contributed by atoms with Crippen LogP contribution < -0.4 is 16.0 Å². The van der Waals surface area contributed by atoms with Crippen molar-refractivity contribution in [1.29, 1.82) is 0 Å². The predicted molar refractivity (Wildman–Crippen MR) is 156 cm³/mol. The van der Waals surface area contributed by atoms with E-state index >= 15 is 0 Å². The number of carboxylic acids is 1. The van der Waals surface area contributed by atoms with Gasteiger partial charge in [0, 0.05) is 32.1 Å². The SMILES string of the molecule is COCCOCCOC(=O)NC(CSCCOC)C(=O)NCC(=O)NC1C(O)CC(OC(C)C)(C(=O)O)OC1C(O)C(O)CO. The van der Waals surface area contributed by atoms with Crippen molar-refractivity contribution in [3.05, 3.63) is 0 Å². The molecule has 8 N–H and O–H groups in total. The zero-order valence-corrected chi connectivity index (χ0v) is 26.7. The third-order valence-electron chi connectivity index (χ3n) is 6.21. The van der Waals surface area contributed by atoms with Crippen LogP contribution in [0, 0.1) is 0 Å². The first-order valence-electron chi connectivity index (χ1n) is 14.2. The van der Waals surface area contributed by atoms with E-state index in [0.29, 0.717) is 25.6 Å². The zero-order chi connectivity index (χ0) is 34.0. The molecule has 0 aromatic rings. The van der Waals surface area contributed by atoms with Crippen molar-refractivity contribution in [2.75, 3.05) is 71.9 Å². The van der Waals surface area contributed by atoms with E-state index < -0.39 is 91.8 Å². The van der Waals surface area contributed by atoms with Crippen molar-refractivity contribution in [2.45, 2.75) is 68.7 Å². The highest BCUT2D eigenvalue weighted by Gasteiger charge is 2.56. The Labute approximate surface area is 265 Å². The Balaban J connectivity index is 2.91. The molecule has 262 valence electrons. The fourth-order valence-corrected chi connectivity index (χ4v) is 4.99. The molecule has 0 aromatic carbocycles. The summed E-state index contributed by atoms with van der Waals surface area (Å²) in [4.78, 5) is 50.1. The van der Waals surface area contributed by atoms with E-state index in [2.05, 4.69) is 16.0 Å². The molecule has 0 radical (unpaired) electrons. The first-order chi connectivity index (χ1) is 21.3. The second kappa shape index (κ2) is 21.5. The normalized spacial score (nSPS) is 23.5. The van der Waals surface area contributed by atoms with Gasteiger partial charge in [-0.2, -0.15) is 11.8 Å². The van der Waals surface area contributed by atoms with Gasteiger partial charge in [-0.25, -0.2) is 9.59 Å². The van der Waals surface area contributed by atoms with Crippen molar-refractivity contribution in [2.24, 2.45) is 0 Å². The van der Waals surface area contributed by atoms with Crippen molar-refractivity contribution in [3.8, 4) is 0 Å². The Morgan fingerprint density at radius 1 is 1.04 bits per heavy atom. The van der Waals surface area contributed by atoms with Gasteiger partial charge in [-0.3, -0.25) is 9.59 Å². The second-order valence-electron chi connectivity index (χ2n) is 10.1. The molecule has 1 heterocycles. The number of alkyl carbamates (subject to hydrolysis) is 1. The molecule has 1 saturated heterocycles. The Morgan fingerprint density at radius 2 is 1.71 bits per heavy atom. The molecule has 1 aliphatic heterocycles. The van der Waals surface area contributed by atoms with Crippen LogP contribution in [0.15, 0.2) is 0 Å². The maximum absolute atomic E-state index is 12.9. The molecular formula is C26H47N3O15S. The number of hydrogen-bond acceptors (Lipinski definition) is 15. The number of carboxylic acid groups (broad SMARTS) is 1. The summed E-state index contributed by atoms with van der Waals surface area (Å²) in [6, 6.07) is -2.61. The third-order valence-corrected chi connectivity index (χ3v) is 7.24. The van der Waals surface area contributed by atoms with Crippen LogP contribution in [0.4, 0.5) is 4.79 Å². The number of thioether (sulfide) groups is 1. The summed E-state index contributed by atoms with van der Waals surface area (Å²) in [5, 5.41) is 57.8. The van der Waals surface area contributed by atoms with Gasteiger partial charge in [0.05, 0.1) is 57.8 Å². The molecule has 0 saturated carbocycles. The van der Waals surface area contributed by atoms with E-state index in [1.54, 1.807) is 0 Å². The topological polar surface area (TPSA) is 261 Å². The van der Waals surface area contributed by atoms with Gasteiger partial charge in [-0.15, -0.1) is 0 Å². The van der Waals surface area contributed by atoms with Crippen LogP contribution >= 0.6 is 11.8 Å². The fraction of sp³-hybridized carbons (Fsp3) is 0.846. The molecule has 18 nitrogen and oxygen atoms in total. The summed E-state index contributed by atoms with van der Waals surface area (Å²) in [6.45, 7) is 2.51. The second-order valence-corrected chi connectivity index (χ2v) is 11.3. The number of carbonyl (C=O) groups is 4. The number of ether oxygens (including phenoxy) is 6. The molecule has 3 amide bonds. The van der Waals surface area contributed by atoms with E-state index in [9.17, 15) is 44.7 Å². The minimum Gasteiger partial charge on any atom is -0.477 e. The monoisotopic (exact) mass is 673 g/mol. The van der Waals surface area contributed by atoms with E-state index in [-0.39, 0.29) is 19.0 Å². The Bertz CT molecular complexity index is 917. The lowest BCUT2D eigenvalue weighted by molar-refractivity contribution is -0.319. The Hall–Kier alpha value is -2.33. The Morgan fingerprint density at radius 3 is 2.31 bits per heavy atom. The minimum absolute atomic E-state index is 0.0851. The average molecular weight is 674 g/mol. The molecular weight excluding hydrogens is 626 g/mol. The maximum atomic E-state index is 12.9. The highest BCUT2D eigenvalue weighted by molar-refractivity contribution is 7.99. The van der Waals surface area contributed by atoms with Crippen molar-refractivity contribution < 1.29 is 73.1 Å². The minimum atomic E-state index is -2.44. The molecule has 0 aliphatic carbocycles. The van der Waals surface area contributed by atoms with Crippen LogP contribution in [0.3, 0.4) is 0 Å². The van der Waals surface area contributed by atoms with E-state index in [0.717, 1.165) is 0 Å². The molecule has 1 aliphatic rings. The van der Waals surface area contributed by atoms with Crippen LogP contribution in [0.25, 0.3) is 0 Å². The molecule has 0 bridgehead atoms. The Kier molecular flexibility index (Phi) is 19.4. The lowest BCUT2D eigenvalue weighted by Gasteiger charge is -2.47. The van der Waals surface area contributed by atoms with E-state index in [4.69, 9.17) is 28.4 Å². The largest absolute Gasteiger partial charge is 0.477 e. The first-order valence-corrected chi connectivity index (χ1v) is 15.3. The number of aliphatic carboxylic acids is 1.